The van der Waals surface area contributed by atoms with E-state index in [-0.39, 0.29) is 0 Å². The number of benzene rings is 1. The molecule has 2 heterocycles. The summed E-state index contributed by atoms with van der Waals surface area (Å²) in [6.07, 6.45) is 0. The highest BCUT2D eigenvalue weighted by Gasteiger charge is 2.20. The van der Waals surface area contributed by atoms with Crippen molar-refractivity contribution in [3.8, 4) is 0 Å². The fraction of sp³-hybridized carbons (Fsp3) is 0.588. The summed E-state index contributed by atoms with van der Waals surface area (Å²) >= 11 is 0. The number of hydrogen-bond donors (Lipinski definition) is 1. The van der Waals surface area contributed by atoms with Crippen molar-refractivity contribution in [1.29, 1.82) is 0 Å². The van der Waals surface area contributed by atoms with E-state index in [1.165, 1.54) is 5.56 Å². The average Bonchev–Trinajstić information content (AvgIpc) is 2.81. The van der Waals surface area contributed by atoms with Crippen LogP contribution in [-0.4, -0.2) is 24.7 Å². The third-order valence-electron chi connectivity index (χ3n) is 4.13. The first-order valence-corrected chi connectivity index (χ1v) is 7.76. The number of ether oxygens (including phenoxy) is 1. The van der Waals surface area contributed by atoms with Crippen molar-refractivity contribution in [1.82, 2.24) is 10.3 Å². The summed E-state index contributed by atoms with van der Waals surface area (Å²) < 4.78 is 11.1. The Labute approximate surface area is 125 Å². The number of hydrogen-bond acceptors (Lipinski definition) is 4. The summed E-state index contributed by atoms with van der Waals surface area (Å²) in [5.41, 5.74) is 4.31. The molecule has 0 spiro atoms. The average molecular weight is 288 g/mol. The molecular weight excluding hydrogens is 264 g/mol. The maximum absolute atomic E-state index is 5.87. The van der Waals surface area contributed by atoms with Crippen LogP contribution in [0.25, 0.3) is 11.1 Å². The third kappa shape index (κ3) is 2.97. The molecule has 4 heteroatoms. The number of aromatic nitrogens is 1. The molecule has 3 rings (SSSR count). The van der Waals surface area contributed by atoms with Gasteiger partial charge in [-0.25, -0.2) is 4.98 Å². The zero-order valence-electron chi connectivity index (χ0n) is 13.3. The molecule has 1 aromatic heterocycles. The summed E-state index contributed by atoms with van der Waals surface area (Å²) in [5.74, 6) is 1.80. The molecule has 2 aromatic rings. The molecular formula is C17H24N2O2. The van der Waals surface area contributed by atoms with Crippen LogP contribution in [0, 0.1) is 12.8 Å². The summed E-state index contributed by atoms with van der Waals surface area (Å²) in [4.78, 5) is 4.62. The summed E-state index contributed by atoms with van der Waals surface area (Å²) in [7, 11) is 0. The third-order valence-corrected chi connectivity index (χ3v) is 4.13. The molecule has 21 heavy (non-hydrogen) atoms. The van der Waals surface area contributed by atoms with Gasteiger partial charge in [0.2, 0.25) is 0 Å². The molecule has 1 atom stereocenters. The Balaban J connectivity index is 1.81. The van der Waals surface area contributed by atoms with Gasteiger partial charge in [-0.05, 0) is 31.0 Å². The van der Waals surface area contributed by atoms with Crippen LogP contribution in [0.3, 0.4) is 0 Å². The summed E-state index contributed by atoms with van der Waals surface area (Å²) in [6, 6.07) is 4.66. The van der Waals surface area contributed by atoms with E-state index in [4.69, 9.17) is 9.15 Å². The largest absolute Gasteiger partial charge is 0.440 e. The van der Waals surface area contributed by atoms with Gasteiger partial charge in [-0.3, -0.25) is 0 Å². The first-order chi connectivity index (χ1) is 10.0. The van der Waals surface area contributed by atoms with Gasteiger partial charge in [0.25, 0.3) is 0 Å². The van der Waals surface area contributed by atoms with Gasteiger partial charge in [0.1, 0.15) is 5.52 Å². The van der Waals surface area contributed by atoms with Gasteiger partial charge in [-0.1, -0.05) is 19.9 Å². The predicted molar refractivity (Wildman–Crippen MR) is 83.6 cm³/mol. The number of nitrogens with one attached hydrogen (secondary N) is 1. The van der Waals surface area contributed by atoms with Crippen molar-refractivity contribution in [2.75, 3.05) is 19.8 Å². The molecule has 1 aliphatic rings. The molecule has 0 bridgehead atoms. The molecule has 4 nitrogen and oxygen atoms in total. The highest BCUT2D eigenvalue weighted by Crippen LogP contribution is 2.27. The molecule has 1 aromatic carbocycles. The van der Waals surface area contributed by atoms with E-state index in [2.05, 4.69) is 50.1 Å². The molecule has 1 fully saturated rings. The predicted octanol–water partition coefficient (Wildman–Crippen LogP) is 3.56. The maximum Gasteiger partial charge on any atom is 0.198 e. The minimum Gasteiger partial charge on any atom is -0.440 e. The molecule has 1 saturated heterocycles. The molecule has 0 saturated carbocycles. The first-order valence-electron chi connectivity index (χ1n) is 7.76. The van der Waals surface area contributed by atoms with Crippen molar-refractivity contribution in [3.05, 3.63) is 29.2 Å². The Morgan fingerprint density at radius 3 is 2.67 bits per heavy atom. The molecule has 0 radical (unpaired) electrons. The number of oxazole rings is 1. The van der Waals surface area contributed by atoms with Crippen LogP contribution in [0.1, 0.15) is 49.7 Å². The van der Waals surface area contributed by atoms with Crippen molar-refractivity contribution < 1.29 is 9.15 Å². The maximum atomic E-state index is 5.87. The van der Waals surface area contributed by atoms with Gasteiger partial charge in [0.05, 0.1) is 13.2 Å². The Morgan fingerprint density at radius 1 is 1.29 bits per heavy atom. The SMILES string of the molecule is Cc1cc(C(C)NCC2COC2)cc2nc(C(C)C)oc12. The second kappa shape index (κ2) is 5.78. The van der Waals surface area contributed by atoms with E-state index in [0.29, 0.717) is 17.9 Å². The van der Waals surface area contributed by atoms with Crippen LogP contribution in [0.15, 0.2) is 16.5 Å². The van der Waals surface area contributed by atoms with Gasteiger partial charge in [0, 0.05) is 24.4 Å². The Hall–Kier alpha value is -1.39. The standard InChI is InChI=1S/C17H24N2O2/c1-10(2)17-19-15-6-14(5-11(3)16(15)21-17)12(4)18-7-13-8-20-9-13/h5-6,10,12-13,18H,7-9H2,1-4H3. The van der Waals surface area contributed by atoms with Crippen LogP contribution in [0.5, 0.6) is 0 Å². The Bertz CT molecular complexity index is 629. The molecule has 1 N–H and O–H groups in total. The fourth-order valence-electron chi connectivity index (χ4n) is 2.61. The second-order valence-corrected chi connectivity index (χ2v) is 6.43. The van der Waals surface area contributed by atoms with Crippen molar-refractivity contribution >= 4 is 11.1 Å². The van der Waals surface area contributed by atoms with Gasteiger partial charge in [0.15, 0.2) is 11.5 Å². The molecule has 114 valence electrons. The van der Waals surface area contributed by atoms with Crippen LogP contribution in [-0.2, 0) is 4.74 Å². The highest BCUT2D eigenvalue weighted by atomic mass is 16.5. The lowest BCUT2D eigenvalue weighted by Gasteiger charge is -2.27. The van der Waals surface area contributed by atoms with E-state index in [0.717, 1.165) is 42.3 Å². The minimum atomic E-state index is 0.313. The van der Waals surface area contributed by atoms with E-state index in [1.54, 1.807) is 0 Å². The first kappa shape index (κ1) is 14.5. The highest BCUT2D eigenvalue weighted by molar-refractivity contribution is 5.77. The summed E-state index contributed by atoms with van der Waals surface area (Å²) in [5, 5.41) is 3.58. The normalized spacial score (nSPS) is 17.4. The van der Waals surface area contributed by atoms with Crippen LogP contribution in [0.2, 0.25) is 0 Å². The van der Waals surface area contributed by atoms with Crippen LogP contribution >= 0.6 is 0 Å². The van der Waals surface area contributed by atoms with Gasteiger partial charge < -0.3 is 14.5 Å². The van der Waals surface area contributed by atoms with Crippen molar-refractivity contribution in [2.45, 2.75) is 39.7 Å². The van der Waals surface area contributed by atoms with Crippen LogP contribution in [0.4, 0.5) is 0 Å². The number of aryl methyl sites for hydroxylation is 1. The monoisotopic (exact) mass is 288 g/mol. The summed E-state index contributed by atoms with van der Waals surface area (Å²) in [6.45, 7) is 11.3. The quantitative estimate of drug-likeness (QED) is 0.914. The second-order valence-electron chi connectivity index (χ2n) is 6.43. The molecule has 1 unspecified atom stereocenters. The Kier molecular flexibility index (Phi) is 4.00. The lowest BCUT2D eigenvalue weighted by Crippen LogP contribution is -2.37. The van der Waals surface area contributed by atoms with Gasteiger partial charge in [-0.15, -0.1) is 0 Å². The number of rotatable bonds is 5. The van der Waals surface area contributed by atoms with Crippen LogP contribution < -0.4 is 5.32 Å². The molecule has 0 amide bonds. The lowest BCUT2D eigenvalue weighted by atomic mass is 10.0. The van der Waals surface area contributed by atoms with Gasteiger partial charge >= 0.3 is 0 Å². The van der Waals surface area contributed by atoms with E-state index in [1.807, 2.05) is 0 Å². The smallest absolute Gasteiger partial charge is 0.198 e. The van der Waals surface area contributed by atoms with E-state index < -0.39 is 0 Å². The van der Waals surface area contributed by atoms with Crippen molar-refractivity contribution in [3.63, 3.8) is 0 Å². The van der Waals surface area contributed by atoms with Gasteiger partial charge in [-0.2, -0.15) is 0 Å². The zero-order chi connectivity index (χ0) is 15.0. The fourth-order valence-corrected chi connectivity index (χ4v) is 2.61. The molecule has 1 aliphatic heterocycles. The van der Waals surface area contributed by atoms with E-state index in [9.17, 15) is 0 Å². The van der Waals surface area contributed by atoms with E-state index >= 15 is 0 Å². The number of fused-ring (bicyclic) bond motifs is 1. The minimum absolute atomic E-state index is 0.313. The lowest BCUT2D eigenvalue weighted by molar-refractivity contribution is -0.0315. The topological polar surface area (TPSA) is 47.3 Å². The number of nitrogens with zero attached hydrogens (tertiary/aromatic N) is 1. The van der Waals surface area contributed by atoms with Crippen molar-refractivity contribution in [2.24, 2.45) is 5.92 Å². The zero-order valence-corrected chi connectivity index (χ0v) is 13.3. The Morgan fingerprint density at radius 2 is 2.05 bits per heavy atom. The molecule has 0 aliphatic carbocycles.